The molecule has 1 amide bonds. The van der Waals surface area contributed by atoms with Gasteiger partial charge >= 0.3 is 6.09 Å². The second-order valence-corrected chi connectivity index (χ2v) is 13.8. The minimum atomic E-state index is -0.846. The number of anilines is 1. The molecule has 7 N–H and O–H groups in total. The van der Waals surface area contributed by atoms with E-state index in [0.29, 0.717) is 23.0 Å². The van der Waals surface area contributed by atoms with Gasteiger partial charge in [0.25, 0.3) is 0 Å². The Bertz CT molecular complexity index is 2250. The zero-order valence-corrected chi connectivity index (χ0v) is 29.5. The number of fused-ring (bicyclic) bond motifs is 2. The first kappa shape index (κ1) is 35.8. The third-order valence-electron chi connectivity index (χ3n) is 9.99. The van der Waals surface area contributed by atoms with Gasteiger partial charge in [-0.2, -0.15) is 0 Å². The molecule has 1 fully saturated rings. The molecule has 12 nitrogen and oxygen atoms in total. The van der Waals surface area contributed by atoms with Gasteiger partial charge in [-0.3, -0.25) is 10.1 Å². The normalized spacial score (nSPS) is 16.5. The van der Waals surface area contributed by atoms with E-state index < -0.39 is 12.2 Å². The fourth-order valence-electron chi connectivity index (χ4n) is 7.11. The van der Waals surface area contributed by atoms with Crippen LogP contribution in [0.5, 0.6) is 5.75 Å². The highest BCUT2D eigenvalue weighted by Crippen LogP contribution is 2.31. The van der Waals surface area contributed by atoms with Gasteiger partial charge in [-0.05, 0) is 97.5 Å². The number of phenols is 1. The Morgan fingerprint density at radius 3 is 2.60 bits per heavy atom. The highest BCUT2D eigenvalue weighted by Gasteiger charge is 2.22. The molecule has 0 bridgehead atoms. The van der Waals surface area contributed by atoms with Crippen molar-refractivity contribution in [3.05, 3.63) is 118 Å². The van der Waals surface area contributed by atoms with Gasteiger partial charge in [-0.15, -0.1) is 5.10 Å². The predicted octanol–water partition coefficient (Wildman–Crippen LogP) is 6.31. The zero-order valence-electron chi connectivity index (χ0n) is 29.5. The number of rotatable bonds is 13. The van der Waals surface area contributed by atoms with Crippen LogP contribution in [0.2, 0.25) is 0 Å². The van der Waals surface area contributed by atoms with Gasteiger partial charge in [-0.1, -0.05) is 59.8 Å². The fraction of sp³-hybridized carbons (Fsp3) is 0.317. The van der Waals surface area contributed by atoms with Crippen LogP contribution in [0.25, 0.3) is 33.1 Å². The number of nitrogens with one attached hydrogen (secondary N) is 3. The molecule has 1 aliphatic carbocycles. The van der Waals surface area contributed by atoms with E-state index in [1.807, 2.05) is 53.2 Å². The Labute approximate surface area is 307 Å². The number of amides is 1. The summed E-state index contributed by atoms with van der Waals surface area (Å²) in [4.78, 5) is 27.3. The van der Waals surface area contributed by atoms with E-state index >= 15 is 0 Å². The number of hydrogen-bond donors (Lipinski definition) is 6. The topological polar surface area (TPSA) is 180 Å². The van der Waals surface area contributed by atoms with Crippen molar-refractivity contribution in [3.8, 4) is 16.9 Å². The van der Waals surface area contributed by atoms with Gasteiger partial charge in [-0.25, -0.2) is 9.48 Å². The molecule has 7 rings (SSSR count). The summed E-state index contributed by atoms with van der Waals surface area (Å²) in [5, 5.41) is 36.8. The lowest BCUT2D eigenvalue weighted by molar-refractivity contribution is 0.0826. The Morgan fingerprint density at radius 2 is 1.77 bits per heavy atom. The summed E-state index contributed by atoms with van der Waals surface area (Å²) in [6.07, 6.45) is 4.59. The van der Waals surface area contributed by atoms with Gasteiger partial charge in [0, 0.05) is 42.7 Å². The molecule has 0 spiro atoms. The molecular weight excluding hydrogens is 670 g/mol. The van der Waals surface area contributed by atoms with Crippen molar-refractivity contribution in [2.24, 2.45) is 5.73 Å². The number of nitrogens with two attached hydrogens (primary N) is 1. The monoisotopic (exact) mass is 715 g/mol. The van der Waals surface area contributed by atoms with Crippen molar-refractivity contribution in [3.63, 3.8) is 0 Å². The number of phenolic OH excluding ortho intramolecular Hbond substituents is 1. The smallest absolute Gasteiger partial charge is 0.411 e. The molecule has 2 aromatic heterocycles. The van der Waals surface area contributed by atoms with Crippen LogP contribution in [0.3, 0.4) is 0 Å². The number of aliphatic hydroxyl groups excluding tert-OH is 1. The number of carbonyl (C=O) groups excluding carboxylic acids is 1. The van der Waals surface area contributed by atoms with E-state index in [9.17, 15) is 19.8 Å². The Kier molecular flexibility index (Phi) is 11.1. The maximum Gasteiger partial charge on any atom is 0.411 e. The number of benzene rings is 4. The summed E-state index contributed by atoms with van der Waals surface area (Å²) in [6.45, 7) is 1.51. The molecule has 1 aliphatic rings. The van der Waals surface area contributed by atoms with E-state index in [1.165, 1.54) is 12.1 Å². The van der Waals surface area contributed by atoms with Crippen molar-refractivity contribution >= 4 is 33.7 Å². The van der Waals surface area contributed by atoms with Crippen molar-refractivity contribution < 1.29 is 19.7 Å². The quantitative estimate of drug-likeness (QED) is 0.0747. The highest BCUT2D eigenvalue weighted by atomic mass is 16.6. The summed E-state index contributed by atoms with van der Waals surface area (Å²) in [5.74, 6) is -0.0416. The van der Waals surface area contributed by atoms with Gasteiger partial charge in [0.1, 0.15) is 17.4 Å². The number of aliphatic hydroxyl groups is 1. The number of ether oxygens (including phenoxy) is 1. The molecule has 53 heavy (non-hydrogen) atoms. The molecule has 0 aliphatic heterocycles. The molecule has 1 saturated carbocycles. The number of aromatic hydroxyl groups is 1. The molecule has 0 radical (unpaired) electrons. The number of unbranched alkanes of at least 4 members (excludes halogenated alkanes) is 1. The molecule has 274 valence electrons. The second kappa shape index (κ2) is 16.4. The minimum Gasteiger partial charge on any atom is -0.506 e. The number of aromatic nitrogens is 4. The number of pyridine rings is 1. The highest BCUT2D eigenvalue weighted by molar-refractivity contribution is 5.92. The van der Waals surface area contributed by atoms with E-state index in [0.717, 1.165) is 90.5 Å². The Hall–Kier alpha value is -5.56. The average Bonchev–Trinajstić information content (AvgIpc) is 3.57. The molecule has 1 atom stereocenters. The van der Waals surface area contributed by atoms with Crippen molar-refractivity contribution in [2.75, 3.05) is 11.9 Å². The third kappa shape index (κ3) is 8.74. The molecule has 2 heterocycles. The van der Waals surface area contributed by atoms with Crippen molar-refractivity contribution in [1.82, 2.24) is 25.3 Å². The molecule has 0 saturated heterocycles. The summed E-state index contributed by atoms with van der Waals surface area (Å²) >= 11 is 0. The Morgan fingerprint density at radius 1 is 0.962 bits per heavy atom. The lowest BCUT2D eigenvalue weighted by Crippen LogP contribution is -2.32. The minimum absolute atomic E-state index is 0.0416. The first-order valence-corrected chi connectivity index (χ1v) is 18.3. The maximum absolute atomic E-state index is 13.0. The summed E-state index contributed by atoms with van der Waals surface area (Å²) in [6, 6.07) is 28.6. The average molecular weight is 716 g/mol. The first-order chi connectivity index (χ1) is 25.8. The predicted molar refractivity (Wildman–Crippen MR) is 206 cm³/mol. The molecular formula is C41H45N7O5. The number of nitrogens with zero attached hydrogens (tertiary/aromatic N) is 3. The Balaban J connectivity index is 0.924. The SMILES string of the molecule is NC1CCC(OC(=O)Nc2cc(CCCCn3nnc4cc(CNC[C@H](O)c5ccc(O)c6[nH]c(=O)ccc56)ccc43)ccc2-c2ccccc2)CC1. The molecule has 0 unspecified atom stereocenters. The largest absolute Gasteiger partial charge is 0.506 e. The number of H-pyrrole nitrogens is 1. The zero-order chi connectivity index (χ0) is 36.7. The van der Waals surface area contributed by atoms with Crippen LogP contribution >= 0.6 is 0 Å². The van der Waals surface area contributed by atoms with Crippen LogP contribution in [0, 0.1) is 0 Å². The van der Waals surface area contributed by atoms with Crippen LogP contribution in [0.15, 0.2) is 95.8 Å². The van der Waals surface area contributed by atoms with Gasteiger partial charge in [0.2, 0.25) is 5.56 Å². The number of carbonyl (C=O) groups is 1. The fourth-order valence-corrected chi connectivity index (χ4v) is 7.11. The van der Waals surface area contributed by atoms with E-state index in [-0.39, 0.29) is 30.0 Å². The first-order valence-electron chi connectivity index (χ1n) is 18.3. The summed E-state index contributed by atoms with van der Waals surface area (Å²) in [7, 11) is 0. The number of hydrogen-bond acceptors (Lipinski definition) is 9. The second-order valence-electron chi connectivity index (χ2n) is 13.8. The molecule has 6 aromatic rings. The van der Waals surface area contributed by atoms with E-state index in [1.54, 1.807) is 12.1 Å². The third-order valence-corrected chi connectivity index (χ3v) is 9.99. The summed E-state index contributed by atoms with van der Waals surface area (Å²) in [5.41, 5.74) is 13.2. The number of aromatic amines is 1. The van der Waals surface area contributed by atoms with E-state index in [2.05, 4.69) is 44.1 Å². The lowest BCUT2D eigenvalue weighted by Gasteiger charge is -2.26. The summed E-state index contributed by atoms with van der Waals surface area (Å²) < 4.78 is 7.70. The standard InChI is InChI=1S/C41H45N7O5/c42-29-11-13-30(14-12-29)53-41(52)44-34-22-26(9-15-31(34)28-7-2-1-3-8-28)6-4-5-21-48-36-18-10-27(23-35(36)46-47-48)24-43-25-38(50)32-16-19-37(49)40-33(32)17-20-39(51)45-40/h1-3,7-10,15-20,22-23,29-30,38,43,49-50H,4-6,11-14,21,24-25,42H2,(H,44,52)(H,45,51)/t29?,30?,38-/m0/s1. The van der Waals surface area contributed by atoms with Gasteiger partial charge < -0.3 is 31.0 Å². The van der Waals surface area contributed by atoms with Crippen molar-refractivity contribution in [2.45, 2.75) is 76.3 Å². The van der Waals surface area contributed by atoms with Crippen LogP contribution < -0.4 is 21.9 Å². The van der Waals surface area contributed by atoms with Crippen LogP contribution in [-0.2, 0) is 24.2 Å². The number of aryl methyl sites for hydroxylation is 2. The van der Waals surface area contributed by atoms with E-state index in [4.69, 9.17) is 10.5 Å². The van der Waals surface area contributed by atoms with Crippen LogP contribution in [0.1, 0.15) is 61.3 Å². The van der Waals surface area contributed by atoms with Gasteiger partial charge in [0.15, 0.2) is 0 Å². The van der Waals surface area contributed by atoms with Gasteiger partial charge in [0.05, 0.1) is 22.8 Å². The van der Waals surface area contributed by atoms with Crippen LogP contribution in [0.4, 0.5) is 10.5 Å². The molecule has 4 aromatic carbocycles. The maximum atomic E-state index is 13.0. The van der Waals surface area contributed by atoms with Crippen LogP contribution in [-0.4, -0.2) is 55.0 Å². The lowest BCUT2D eigenvalue weighted by atomic mass is 9.94. The molecule has 12 heteroatoms. The van der Waals surface area contributed by atoms with Crippen molar-refractivity contribution in [1.29, 1.82) is 0 Å².